The minimum atomic E-state index is -3.71. The topological polar surface area (TPSA) is 105 Å². The van der Waals surface area contributed by atoms with Gasteiger partial charge in [-0.1, -0.05) is 6.07 Å². The van der Waals surface area contributed by atoms with Crippen LogP contribution in [-0.2, 0) is 24.3 Å². The molecule has 0 unspecified atom stereocenters. The van der Waals surface area contributed by atoms with Crippen molar-refractivity contribution in [3.05, 3.63) is 53.8 Å². The molecule has 2 aliphatic rings. The number of hydrogen-bond donors (Lipinski definition) is 1. The van der Waals surface area contributed by atoms with E-state index in [1.807, 2.05) is 5.32 Å². The molecule has 1 atom stereocenters. The van der Waals surface area contributed by atoms with Crippen molar-refractivity contribution in [1.82, 2.24) is 4.90 Å². The third-order valence-electron chi connectivity index (χ3n) is 3.94. The molecule has 11 heteroatoms. The molecular weight excluding hydrogens is 396 g/mol. The van der Waals surface area contributed by atoms with Gasteiger partial charge in [-0.25, -0.2) is 22.0 Å². The molecular formula is C17H15F2N3O5S. The number of rotatable bonds is 4. The van der Waals surface area contributed by atoms with Gasteiger partial charge in [0.1, 0.15) is 22.9 Å². The van der Waals surface area contributed by atoms with Gasteiger partial charge >= 0.3 is 5.97 Å². The van der Waals surface area contributed by atoms with E-state index >= 15 is 0 Å². The number of sulfonamides is 1. The maximum absolute atomic E-state index is 13.6. The lowest BCUT2D eigenvalue weighted by Gasteiger charge is -2.28. The number of amidine groups is 1. The van der Waals surface area contributed by atoms with Gasteiger partial charge in [0.15, 0.2) is 11.9 Å². The predicted octanol–water partition coefficient (Wildman–Crippen LogP) is 1.33. The number of allylic oxidation sites excluding steroid dienone is 2. The molecule has 2 aliphatic heterocycles. The van der Waals surface area contributed by atoms with Gasteiger partial charge in [-0.3, -0.25) is 4.79 Å². The predicted molar refractivity (Wildman–Crippen MR) is 95.7 cm³/mol. The Hall–Kier alpha value is -3.08. The highest BCUT2D eigenvalue weighted by Gasteiger charge is 2.32. The zero-order valence-corrected chi connectivity index (χ0v) is 15.4. The molecule has 8 nitrogen and oxygen atoms in total. The molecule has 0 bridgehead atoms. The van der Waals surface area contributed by atoms with Crippen molar-refractivity contribution >= 4 is 33.4 Å². The number of carbonyl (C=O) groups excluding carboxylic acids is 2. The van der Waals surface area contributed by atoms with Gasteiger partial charge in [-0.15, -0.1) is 4.40 Å². The number of hydrogen-bond acceptors (Lipinski definition) is 6. The Kier molecular flexibility index (Phi) is 5.27. The molecule has 0 radical (unpaired) electrons. The van der Waals surface area contributed by atoms with E-state index in [4.69, 9.17) is 4.74 Å². The van der Waals surface area contributed by atoms with Crippen LogP contribution in [0.5, 0.6) is 0 Å². The van der Waals surface area contributed by atoms with Crippen molar-refractivity contribution < 1.29 is 31.5 Å². The summed E-state index contributed by atoms with van der Waals surface area (Å²) in [4.78, 5) is 26.0. The van der Waals surface area contributed by atoms with E-state index in [1.165, 1.54) is 24.0 Å². The van der Waals surface area contributed by atoms with Crippen molar-refractivity contribution in [3.63, 3.8) is 0 Å². The van der Waals surface area contributed by atoms with Gasteiger partial charge in [0, 0.05) is 12.7 Å². The van der Waals surface area contributed by atoms with Crippen LogP contribution in [0.4, 0.5) is 14.5 Å². The van der Waals surface area contributed by atoms with E-state index in [-0.39, 0.29) is 23.7 Å². The van der Waals surface area contributed by atoms with Crippen LogP contribution in [-0.4, -0.2) is 49.4 Å². The fraction of sp³-hybridized carbons (Fsp3) is 0.235. The third kappa shape index (κ3) is 4.09. The van der Waals surface area contributed by atoms with Crippen LogP contribution in [0.15, 0.2) is 46.5 Å². The Morgan fingerprint density at radius 1 is 1.29 bits per heavy atom. The molecule has 1 aromatic rings. The largest absolute Gasteiger partial charge is 0.449 e. The number of ether oxygens (including phenoxy) is 1. The Morgan fingerprint density at radius 3 is 2.64 bits per heavy atom. The van der Waals surface area contributed by atoms with E-state index in [2.05, 4.69) is 4.40 Å². The second-order valence-electron chi connectivity index (χ2n) is 5.95. The molecule has 0 saturated heterocycles. The van der Waals surface area contributed by atoms with E-state index in [1.54, 1.807) is 6.20 Å². The van der Waals surface area contributed by atoms with Gasteiger partial charge in [-0.05, 0) is 31.2 Å². The Labute approximate surface area is 159 Å². The van der Waals surface area contributed by atoms with Crippen LogP contribution < -0.4 is 5.32 Å². The first kappa shape index (κ1) is 19.7. The van der Waals surface area contributed by atoms with E-state index in [0.29, 0.717) is 0 Å². The second kappa shape index (κ2) is 7.50. The standard InChI is InChI=1S/C17H15F2N3O5S/c1-10(16(23)20-14-12(18)5-2-6-13(14)19)27-17(24)11-4-3-7-22-8-9-28(25,26)21-15(11)22/h2-7,10H,8-9H2,1H3,(H,20,23)/t10-/m1/s1. The van der Waals surface area contributed by atoms with Crippen LogP contribution in [0.25, 0.3) is 0 Å². The van der Waals surface area contributed by atoms with Crippen molar-refractivity contribution in [1.29, 1.82) is 0 Å². The van der Waals surface area contributed by atoms with Gasteiger partial charge < -0.3 is 15.0 Å². The van der Waals surface area contributed by atoms with E-state index < -0.39 is 45.3 Å². The third-order valence-corrected chi connectivity index (χ3v) is 5.09. The van der Waals surface area contributed by atoms with Crippen LogP contribution in [0.3, 0.4) is 0 Å². The average Bonchev–Trinajstić information content (AvgIpc) is 2.63. The molecule has 0 aromatic heterocycles. The summed E-state index contributed by atoms with van der Waals surface area (Å²) in [5.74, 6) is -4.22. The molecule has 0 saturated carbocycles. The minimum Gasteiger partial charge on any atom is -0.449 e. The number of nitrogens with zero attached hydrogens (tertiary/aromatic N) is 2. The van der Waals surface area contributed by atoms with Crippen LogP contribution >= 0.6 is 0 Å². The average molecular weight is 411 g/mol. The number of para-hydroxylation sites is 1. The maximum Gasteiger partial charge on any atom is 0.342 e. The highest BCUT2D eigenvalue weighted by atomic mass is 32.2. The number of anilines is 1. The van der Waals surface area contributed by atoms with Crippen molar-refractivity contribution in [2.45, 2.75) is 13.0 Å². The maximum atomic E-state index is 13.6. The van der Waals surface area contributed by atoms with Crippen LogP contribution in [0.1, 0.15) is 6.92 Å². The summed E-state index contributed by atoms with van der Waals surface area (Å²) in [5.41, 5.74) is -0.813. The zero-order valence-electron chi connectivity index (χ0n) is 14.6. The number of carbonyl (C=O) groups is 2. The van der Waals surface area contributed by atoms with Gasteiger partial charge in [0.2, 0.25) is 0 Å². The van der Waals surface area contributed by atoms with Crippen LogP contribution in [0.2, 0.25) is 0 Å². The summed E-state index contributed by atoms with van der Waals surface area (Å²) in [6, 6.07) is 3.06. The van der Waals surface area contributed by atoms with Crippen molar-refractivity contribution in [2.75, 3.05) is 17.6 Å². The molecule has 1 amide bonds. The summed E-state index contributed by atoms with van der Waals surface area (Å²) in [6.07, 6.45) is 2.96. The number of fused-ring (bicyclic) bond motifs is 1. The summed E-state index contributed by atoms with van der Waals surface area (Å²) in [5, 5.41) is 2.02. The smallest absolute Gasteiger partial charge is 0.342 e. The lowest BCUT2D eigenvalue weighted by Crippen LogP contribution is -2.41. The molecule has 28 heavy (non-hydrogen) atoms. The molecule has 3 rings (SSSR count). The van der Waals surface area contributed by atoms with Crippen LogP contribution in [0, 0.1) is 11.6 Å². The van der Waals surface area contributed by atoms with Gasteiger partial charge in [0.05, 0.1) is 5.75 Å². The van der Waals surface area contributed by atoms with E-state index in [9.17, 15) is 26.8 Å². The molecule has 0 spiro atoms. The lowest BCUT2D eigenvalue weighted by molar-refractivity contribution is -0.148. The first-order valence-electron chi connectivity index (χ1n) is 8.12. The fourth-order valence-electron chi connectivity index (χ4n) is 2.50. The number of benzene rings is 1. The fourth-order valence-corrected chi connectivity index (χ4v) is 3.48. The monoisotopic (exact) mass is 411 g/mol. The highest BCUT2D eigenvalue weighted by molar-refractivity contribution is 7.90. The van der Waals surface area contributed by atoms with E-state index in [0.717, 1.165) is 18.2 Å². The number of amides is 1. The first-order chi connectivity index (χ1) is 13.2. The number of halogens is 2. The summed E-state index contributed by atoms with van der Waals surface area (Å²) >= 11 is 0. The Balaban J connectivity index is 1.73. The summed E-state index contributed by atoms with van der Waals surface area (Å²) < 4.78 is 59.3. The number of esters is 1. The highest BCUT2D eigenvalue weighted by Crippen LogP contribution is 2.21. The van der Waals surface area contributed by atoms with Gasteiger partial charge in [0.25, 0.3) is 15.9 Å². The SMILES string of the molecule is C[C@@H](OC(=O)C1=CC=CN2CCS(=O)(=O)N=C12)C(=O)Nc1c(F)cccc1F. The van der Waals surface area contributed by atoms with Gasteiger partial charge in [-0.2, -0.15) is 0 Å². The molecule has 148 valence electrons. The molecule has 1 aromatic carbocycles. The molecule has 0 aliphatic carbocycles. The lowest BCUT2D eigenvalue weighted by atomic mass is 10.1. The van der Waals surface area contributed by atoms with Crippen molar-refractivity contribution in [3.8, 4) is 0 Å². The zero-order chi connectivity index (χ0) is 20.5. The Bertz CT molecular complexity index is 1010. The Morgan fingerprint density at radius 2 is 1.96 bits per heavy atom. The number of nitrogens with one attached hydrogen (secondary N) is 1. The van der Waals surface area contributed by atoms with Crippen molar-refractivity contribution in [2.24, 2.45) is 4.40 Å². The quantitative estimate of drug-likeness (QED) is 0.750. The summed E-state index contributed by atoms with van der Waals surface area (Å²) in [6.45, 7) is 1.33. The summed E-state index contributed by atoms with van der Waals surface area (Å²) in [7, 11) is -3.71. The minimum absolute atomic E-state index is 0.105. The molecule has 2 heterocycles. The normalized spacial score (nSPS) is 18.5. The molecule has 1 N–H and O–H groups in total. The first-order valence-corrected chi connectivity index (χ1v) is 9.73. The second-order valence-corrected chi connectivity index (χ2v) is 7.70. The molecule has 0 fully saturated rings.